The highest BCUT2D eigenvalue weighted by Gasteiger charge is 2.25. The summed E-state index contributed by atoms with van der Waals surface area (Å²) in [7, 11) is 0. The van der Waals surface area contributed by atoms with Crippen LogP contribution in [0, 0.1) is 5.92 Å². The second-order valence-corrected chi connectivity index (χ2v) is 4.73. The van der Waals surface area contributed by atoms with Crippen molar-refractivity contribution in [3.63, 3.8) is 0 Å². The lowest BCUT2D eigenvalue weighted by atomic mass is 9.82. The van der Waals surface area contributed by atoms with Crippen LogP contribution in [0.2, 0.25) is 0 Å². The van der Waals surface area contributed by atoms with Gasteiger partial charge in [-0.05, 0) is 30.7 Å². The molecule has 0 unspecified atom stereocenters. The Morgan fingerprint density at radius 3 is 2.53 bits per heavy atom. The second kappa shape index (κ2) is 5.82. The molecule has 0 aromatic heterocycles. The molecule has 17 heavy (non-hydrogen) atoms. The highest BCUT2D eigenvalue weighted by Crippen LogP contribution is 2.28. The van der Waals surface area contributed by atoms with E-state index in [-0.39, 0.29) is 12.0 Å². The van der Waals surface area contributed by atoms with Crippen LogP contribution in [0.5, 0.6) is 0 Å². The number of aliphatic hydroxyl groups excluding tert-OH is 1. The molecule has 2 rings (SSSR count). The lowest BCUT2D eigenvalue weighted by molar-refractivity contribution is 0.0732. The minimum absolute atomic E-state index is 0.231. The molecule has 1 fully saturated rings. The summed E-state index contributed by atoms with van der Waals surface area (Å²) in [6, 6.07) is 9.66. The predicted octanol–water partition coefficient (Wildman–Crippen LogP) is 2.81. The molecular formula is C14H19NO2. The Balaban J connectivity index is 2.05. The summed E-state index contributed by atoms with van der Waals surface area (Å²) in [5.41, 5.74) is 1.62. The maximum atomic E-state index is 9.92. The van der Waals surface area contributed by atoms with Crippen molar-refractivity contribution in [2.45, 2.75) is 38.2 Å². The molecule has 92 valence electrons. The fourth-order valence-electron chi connectivity index (χ4n) is 2.52. The lowest BCUT2D eigenvalue weighted by Gasteiger charge is -2.27. The van der Waals surface area contributed by atoms with Gasteiger partial charge in [-0.2, -0.15) is 0 Å². The number of aliphatic hydroxyl groups is 1. The SMILES string of the molecule is O/N=C(\C[C@@H]1CCCC[C@H]1O)c1ccccc1. The van der Waals surface area contributed by atoms with Crippen molar-refractivity contribution in [2.24, 2.45) is 11.1 Å². The zero-order valence-electron chi connectivity index (χ0n) is 9.92. The molecular weight excluding hydrogens is 214 g/mol. The molecule has 0 saturated heterocycles. The first kappa shape index (κ1) is 12.1. The third-order valence-electron chi connectivity index (χ3n) is 3.55. The Bertz CT molecular complexity index is 375. The van der Waals surface area contributed by atoms with Crippen LogP contribution in [0.4, 0.5) is 0 Å². The van der Waals surface area contributed by atoms with Gasteiger partial charge in [-0.3, -0.25) is 0 Å². The van der Waals surface area contributed by atoms with Crippen molar-refractivity contribution in [1.29, 1.82) is 0 Å². The number of rotatable bonds is 3. The molecule has 1 aliphatic rings. The quantitative estimate of drug-likeness (QED) is 0.479. The van der Waals surface area contributed by atoms with E-state index in [1.54, 1.807) is 0 Å². The van der Waals surface area contributed by atoms with E-state index in [4.69, 9.17) is 5.21 Å². The van der Waals surface area contributed by atoms with Crippen molar-refractivity contribution in [1.82, 2.24) is 0 Å². The van der Waals surface area contributed by atoms with Crippen LogP contribution in [-0.4, -0.2) is 22.1 Å². The third kappa shape index (κ3) is 3.07. The van der Waals surface area contributed by atoms with Gasteiger partial charge < -0.3 is 10.3 Å². The highest BCUT2D eigenvalue weighted by molar-refractivity contribution is 6.00. The van der Waals surface area contributed by atoms with E-state index in [0.29, 0.717) is 12.1 Å². The number of oxime groups is 1. The Hall–Kier alpha value is -1.35. The molecule has 2 N–H and O–H groups in total. The fraction of sp³-hybridized carbons (Fsp3) is 0.500. The minimum atomic E-state index is -0.246. The van der Waals surface area contributed by atoms with Crippen LogP contribution in [0.25, 0.3) is 0 Å². The number of benzene rings is 1. The van der Waals surface area contributed by atoms with Crippen molar-refractivity contribution in [3.05, 3.63) is 35.9 Å². The standard InChI is InChI=1S/C14H19NO2/c16-14-9-5-4-8-12(14)10-13(15-17)11-6-2-1-3-7-11/h1-3,6-7,12,14,16-17H,4-5,8-10H2/b15-13+/t12-,14+/m0/s1. The van der Waals surface area contributed by atoms with Crippen molar-refractivity contribution < 1.29 is 10.3 Å². The van der Waals surface area contributed by atoms with Gasteiger partial charge in [0.2, 0.25) is 0 Å². The molecule has 3 nitrogen and oxygen atoms in total. The minimum Gasteiger partial charge on any atom is -0.411 e. The molecule has 1 saturated carbocycles. The molecule has 2 atom stereocenters. The zero-order chi connectivity index (χ0) is 12.1. The lowest BCUT2D eigenvalue weighted by Crippen LogP contribution is -2.27. The van der Waals surface area contributed by atoms with E-state index < -0.39 is 0 Å². The van der Waals surface area contributed by atoms with E-state index in [2.05, 4.69) is 5.16 Å². The summed E-state index contributed by atoms with van der Waals surface area (Å²) in [5, 5.41) is 22.4. The van der Waals surface area contributed by atoms with Crippen molar-refractivity contribution in [3.8, 4) is 0 Å². The van der Waals surface area contributed by atoms with Gasteiger partial charge in [0, 0.05) is 0 Å². The first-order chi connectivity index (χ1) is 8.31. The summed E-state index contributed by atoms with van der Waals surface area (Å²) in [4.78, 5) is 0. The normalized spacial score (nSPS) is 25.8. The van der Waals surface area contributed by atoms with Crippen LogP contribution in [0.3, 0.4) is 0 Å². The molecule has 0 radical (unpaired) electrons. The van der Waals surface area contributed by atoms with Crippen LogP contribution in [0.1, 0.15) is 37.7 Å². The Labute approximate surface area is 102 Å². The van der Waals surface area contributed by atoms with E-state index in [1.807, 2.05) is 30.3 Å². The number of hydrogen-bond donors (Lipinski definition) is 2. The van der Waals surface area contributed by atoms with E-state index >= 15 is 0 Å². The average molecular weight is 233 g/mol. The molecule has 0 aliphatic heterocycles. The molecule has 0 amide bonds. The second-order valence-electron chi connectivity index (χ2n) is 4.73. The summed E-state index contributed by atoms with van der Waals surface area (Å²) < 4.78 is 0. The topological polar surface area (TPSA) is 52.8 Å². The largest absolute Gasteiger partial charge is 0.411 e. The first-order valence-corrected chi connectivity index (χ1v) is 6.25. The van der Waals surface area contributed by atoms with E-state index in [1.165, 1.54) is 0 Å². The first-order valence-electron chi connectivity index (χ1n) is 6.25. The number of hydrogen-bond acceptors (Lipinski definition) is 3. The zero-order valence-corrected chi connectivity index (χ0v) is 9.92. The Morgan fingerprint density at radius 1 is 1.18 bits per heavy atom. The Kier molecular flexibility index (Phi) is 4.15. The maximum absolute atomic E-state index is 9.92. The van der Waals surface area contributed by atoms with Gasteiger partial charge in [0.25, 0.3) is 0 Å². The van der Waals surface area contributed by atoms with Crippen molar-refractivity contribution >= 4 is 5.71 Å². The van der Waals surface area contributed by atoms with Crippen molar-refractivity contribution in [2.75, 3.05) is 0 Å². The summed E-state index contributed by atoms with van der Waals surface area (Å²) in [5.74, 6) is 0.231. The fourth-order valence-corrected chi connectivity index (χ4v) is 2.52. The molecule has 1 aromatic rings. The molecule has 1 aliphatic carbocycles. The van der Waals surface area contributed by atoms with Gasteiger partial charge in [0.1, 0.15) is 0 Å². The average Bonchev–Trinajstić information content (AvgIpc) is 2.39. The molecule has 3 heteroatoms. The van der Waals surface area contributed by atoms with E-state index in [0.717, 1.165) is 31.2 Å². The summed E-state index contributed by atoms with van der Waals surface area (Å²) in [6.07, 6.45) is 4.57. The monoisotopic (exact) mass is 233 g/mol. The highest BCUT2D eigenvalue weighted by atomic mass is 16.4. The molecule has 1 aromatic carbocycles. The van der Waals surface area contributed by atoms with Gasteiger partial charge in [0.05, 0.1) is 11.8 Å². The summed E-state index contributed by atoms with van der Waals surface area (Å²) >= 11 is 0. The van der Waals surface area contributed by atoms with E-state index in [9.17, 15) is 5.11 Å². The van der Waals surface area contributed by atoms with Crippen LogP contribution >= 0.6 is 0 Å². The van der Waals surface area contributed by atoms with Gasteiger partial charge in [-0.25, -0.2) is 0 Å². The van der Waals surface area contributed by atoms with Gasteiger partial charge in [-0.1, -0.05) is 48.3 Å². The van der Waals surface area contributed by atoms with Crippen LogP contribution in [-0.2, 0) is 0 Å². The number of nitrogens with zero attached hydrogens (tertiary/aromatic N) is 1. The molecule has 0 heterocycles. The third-order valence-corrected chi connectivity index (χ3v) is 3.55. The van der Waals surface area contributed by atoms with Gasteiger partial charge >= 0.3 is 0 Å². The van der Waals surface area contributed by atoms with Gasteiger partial charge in [0.15, 0.2) is 0 Å². The maximum Gasteiger partial charge on any atom is 0.0871 e. The molecule has 0 bridgehead atoms. The Morgan fingerprint density at radius 2 is 1.88 bits per heavy atom. The van der Waals surface area contributed by atoms with Crippen LogP contribution in [0.15, 0.2) is 35.5 Å². The predicted molar refractivity (Wildman–Crippen MR) is 67.3 cm³/mol. The van der Waals surface area contributed by atoms with Crippen LogP contribution < -0.4 is 0 Å². The van der Waals surface area contributed by atoms with Gasteiger partial charge in [-0.15, -0.1) is 0 Å². The summed E-state index contributed by atoms with van der Waals surface area (Å²) in [6.45, 7) is 0. The molecule has 0 spiro atoms. The smallest absolute Gasteiger partial charge is 0.0871 e.